The molecule has 15 heavy (non-hydrogen) atoms. The number of aliphatic hydroxyl groups is 1. The molecule has 1 aromatic rings. The van der Waals surface area contributed by atoms with Crippen LogP contribution < -0.4 is 10.6 Å². The molecule has 0 radical (unpaired) electrons. The first-order valence-electron chi connectivity index (χ1n) is 5.30. The Balaban J connectivity index is 2.50. The minimum absolute atomic E-state index is 0.202. The summed E-state index contributed by atoms with van der Waals surface area (Å²) >= 11 is 0. The number of aromatic nitrogens is 1. The molecule has 1 rings (SSSR count). The topological polar surface area (TPSA) is 57.2 Å². The van der Waals surface area contributed by atoms with E-state index in [2.05, 4.69) is 15.6 Å². The number of aliphatic hydroxyl groups excluding tert-OH is 1. The van der Waals surface area contributed by atoms with E-state index in [1.165, 1.54) is 0 Å². The Bertz CT molecular complexity index is 291. The van der Waals surface area contributed by atoms with Crippen LogP contribution in [0.15, 0.2) is 18.5 Å². The van der Waals surface area contributed by atoms with Gasteiger partial charge < -0.3 is 15.7 Å². The van der Waals surface area contributed by atoms with Crippen LogP contribution in [0.1, 0.15) is 13.8 Å². The number of hydrogen-bond donors (Lipinski definition) is 3. The fourth-order valence-electron chi connectivity index (χ4n) is 1.19. The Labute approximate surface area is 90.7 Å². The number of nitrogens with zero attached hydrogens (tertiary/aromatic N) is 1. The van der Waals surface area contributed by atoms with Gasteiger partial charge in [0.05, 0.1) is 23.8 Å². The van der Waals surface area contributed by atoms with E-state index < -0.39 is 0 Å². The molecular weight excluding hydrogens is 190 g/mol. The van der Waals surface area contributed by atoms with Crippen molar-refractivity contribution in [3.05, 3.63) is 18.5 Å². The molecule has 1 heterocycles. The van der Waals surface area contributed by atoms with Crippen LogP contribution in [0, 0.1) is 5.92 Å². The van der Waals surface area contributed by atoms with Crippen molar-refractivity contribution < 1.29 is 5.11 Å². The fraction of sp³-hybridized carbons (Fsp3) is 0.545. The van der Waals surface area contributed by atoms with Gasteiger partial charge in [-0.25, -0.2) is 0 Å². The third-order valence-electron chi connectivity index (χ3n) is 2.09. The lowest BCUT2D eigenvalue weighted by atomic mass is 10.2. The van der Waals surface area contributed by atoms with Gasteiger partial charge in [0.2, 0.25) is 0 Å². The summed E-state index contributed by atoms with van der Waals surface area (Å²) in [7, 11) is 0. The van der Waals surface area contributed by atoms with Gasteiger partial charge in [-0.05, 0) is 18.9 Å². The average Bonchev–Trinajstić information content (AvgIpc) is 2.27. The first-order valence-corrected chi connectivity index (χ1v) is 5.30. The van der Waals surface area contributed by atoms with Crippen molar-refractivity contribution in [2.45, 2.75) is 13.8 Å². The van der Waals surface area contributed by atoms with E-state index in [0.29, 0.717) is 0 Å². The van der Waals surface area contributed by atoms with Crippen LogP contribution >= 0.6 is 0 Å². The van der Waals surface area contributed by atoms with Crippen molar-refractivity contribution in [1.29, 1.82) is 0 Å². The number of nitrogens with one attached hydrogen (secondary N) is 2. The molecule has 0 fully saturated rings. The summed E-state index contributed by atoms with van der Waals surface area (Å²) < 4.78 is 0. The van der Waals surface area contributed by atoms with E-state index in [-0.39, 0.29) is 12.5 Å². The lowest BCUT2D eigenvalue weighted by Gasteiger charge is -2.11. The maximum absolute atomic E-state index is 8.88. The van der Waals surface area contributed by atoms with Crippen molar-refractivity contribution in [3.8, 4) is 0 Å². The van der Waals surface area contributed by atoms with Crippen molar-refractivity contribution in [3.63, 3.8) is 0 Å². The number of hydrogen-bond acceptors (Lipinski definition) is 4. The summed E-state index contributed by atoms with van der Waals surface area (Å²) in [6.07, 6.45) is 3.58. The molecule has 0 aromatic carbocycles. The van der Waals surface area contributed by atoms with Crippen LogP contribution in [0.5, 0.6) is 0 Å². The standard InChI is InChI=1S/C11H19N3O/c1-3-13-10-4-11(7-12-6-10)14-5-9(2)8-15/h4,6-7,9,13-15H,3,5,8H2,1-2H3. The van der Waals surface area contributed by atoms with E-state index in [1.54, 1.807) is 12.4 Å². The van der Waals surface area contributed by atoms with Crippen LogP contribution in [0.3, 0.4) is 0 Å². The van der Waals surface area contributed by atoms with Gasteiger partial charge in [-0.15, -0.1) is 0 Å². The van der Waals surface area contributed by atoms with Crippen molar-refractivity contribution >= 4 is 11.4 Å². The second-order valence-corrected chi connectivity index (χ2v) is 3.66. The second kappa shape index (κ2) is 6.24. The van der Waals surface area contributed by atoms with Crippen LogP contribution in [0.2, 0.25) is 0 Å². The maximum atomic E-state index is 8.88. The Hall–Kier alpha value is -1.29. The lowest BCUT2D eigenvalue weighted by Crippen LogP contribution is -2.14. The summed E-state index contributed by atoms with van der Waals surface area (Å²) in [6, 6.07) is 2.01. The van der Waals surface area contributed by atoms with Crippen LogP contribution in [-0.4, -0.2) is 29.8 Å². The van der Waals surface area contributed by atoms with Gasteiger partial charge in [0.15, 0.2) is 0 Å². The molecule has 4 nitrogen and oxygen atoms in total. The quantitative estimate of drug-likeness (QED) is 0.665. The SMILES string of the molecule is CCNc1cncc(NCC(C)CO)c1. The molecule has 0 spiro atoms. The van der Waals surface area contributed by atoms with Gasteiger partial charge in [0.25, 0.3) is 0 Å². The average molecular weight is 209 g/mol. The highest BCUT2D eigenvalue weighted by atomic mass is 16.3. The number of rotatable bonds is 6. The highest BCUT2D eigenvalue weighted by Gasteiger charge is 2.00. The Morgan fingerprint density at radius 2 is 2.00 bits per heavy atom. The third-order valence-corrected chi connectivity index (χ3v) is 2.09. The number of pyridine rings is 1. The smallest absolute Gasteiger partial charge is 0.0547 e. The molecule has 4 heteroatoms. The first kappa shape index (κ1) is 11.8. The summed E-state index contributed by atoms with van der Waals surface area (Å²) in [5, 5.41) is 15.3. The van der Waals surface area contributed by atoms with Crippen LogP contribution in [0.4, 0.5) is 11.4 Å². The van der Waals surface area contributed by atoms with Gasteiger partial charge in [-0.2, -0.15) is 0 Å². The molecule has 0 aliphatic rings. The van der Waals surface area contributed by atoms with Gasteiger partial charge >= 0.3 is 0 Å². The molecule has 0 saturated heterocycles. The van der Waals surface area contributed by atoms with Gasteiger partial charge in [-0.3, -0.25) is 4.98 Å². The van der Waals surface area contributed by atoms with Gasteiger partial charge in [0, 0.05) is 19.7 Å². The monoisotopic (exact) mass is 209 g/mol. The zero-order valence-electron chi connectivity index (χ0n) is 9.33. The van der Waals surface area contributed by atoms with Gasteiger partial charge in [-0.1, -0.05) is 6.92 Å². The molecule has 84 valence electrons. The van der Waals surface area contributed by atoms with E-state index in [0.717, 1.165) is 24.5 Å². The highest BCUT2D eigenvalue weighted by Crippen LogP contribution is 2.12. The Morgan fingerprint density at radius 3 is 2.60 bits per heavy atom. The van der Waals surface area contributed by atoms with Crippen molar-refractivity contribution in [2.24, 2.45) is 5.92 Å². The molecular formula is C11H19N3O. The van der Waals surface area contributed by atoms with Crippen LogP contribution in [-0.2, 0) is 0 Å². The Morgan fingerprint density at radius 1 is 1.33 bits per heavy atom. The molecule has 1 aromatic heterocycles. The predicted octanol–water partition coefficient (Wildman–Crippen LogP) is 1.55. The zero-order valence-corrected chi connectivity index (χ0v) is 9.33. The summed E-state index contributed by atoms with van der Waals surface area (Å²) in [5.74, 6) is 0.257. The summed E-state index contributed by atoms with van der Waals surface area (Å²) in [5.41, 5.74) is 1.99. The van der Waals surface area contributed by atoms with Crippen LogP contribution in [0.25, 0.3) is 0 Å². The van der Waals surface area contributed by atoms with E-state index >= 15 is 0 Å². The van der Waals surface area contributed by atoms with E-state index in [4.69, 9.17) is 5.11 Å². The molecule has 0 aliphatic heterocycles. The largest absolute Gasteiger partial charge is 0.396 e. The molecule has 0 bridgehead atoms. The Kier molecular flexibility index (Phi) is 4.90. The van der Waals surface area contributed by atoms with Crippen molar-refractivity contribution in [2.75, 3.05) is 30.3 Å². The second-order valence-electron chi connectivity index (χ2n) is 3.66. The molecule has 1 unspecified atom stereocenters. The summed E-state index contributed by atoms with van der Waals surface area (Å²) in [6.45, 7) is 5.89. The predicted molar refractivity (Wildman–Crippen MR) is 63.1 cm³/mol. The summed E-state index contributed by atoms with van der Waals surface area (Å²) in [4.78, 5) is 4.12. The van der Waals surface area contributed by atoms with Gasteiger partial charge in [0.1, 0.15) is 0 Å². The minimum Gasteiger partial charge on any atom is -0.396 e. The third kappa shape index (κ3) is 4.16. The van der Waals surface area contributed by atoms with E-state index in [9.17, 15) is 0 Å². The zero-order chi connectivity index (χ0) is 11.1. The normalized spacial score (nSPS) is 12.2. The maximum Gasteiger partial charge on any atom is 0.0547 e. The lowest BCUT2D eigenvalue weighted by molar-refractivity contribution is 0.244. The fourth-order valence-corrected chi connectivity index (χ4v) is 1.19. The molecule has 0 amide bonds. The molecule has 1 atom stereocenters. The molecule has 0 saturated carbocycles. The number of anilines is 2. The first-order chi connectivity index (χ1) is 7.26. The van der Waals surface area contributed by atoms with Crippen molar-refractivity contribution in [1.82, 2.24) is 4.98 Å². The van der Waals surface area contributed by atoms with E-state index in [1.807, 2.05) is 19.9 Å². The highest BCUT2D eigenvalue weighted by molar-refractivity contribution is 5.53. The molecule has 3 N–H and O–H groups in total. The molecule has 0 aliphatic carbocycles. The minimum atomic E-state index is 0.202.